The van der Waals surface area contributed by atoms with Crippen molar-refractivity contribution in [2.24, 2.45) is 47.3 Å². The van der Waals surface area contributed by atoms with Crippen molar-refractivity contribution in [1.82, 2.24) is 19.5 Å². The first kappa shape index (κ1) is 42.0. The molecular formula is C70H58N4. The van der Waals surface area contributed by atoms with Gasteiger partial charge in [-0.25, -0.2) is 15.0 Å². The molecule has 4 nitrogen and oxygen atoms in total. The van der Waals surface area contributed by atoms with Gasteiger partial charge in [-0.1, -0.05) is 160 Å². The van der Waals surface area contributed by atoms with Crippen LogP contribution in [0, 0.1) is 47.3 Å². The van der Waals surface area contributed by atoms with Crippen molar-refractivity contribution >= 4 is 21.8 Å². The highest BCUT2D eigenvalue weighted by Crippen LogP contribution is 2.75. The first-order valence-corrected chi connectivity index (χ1v) is 27.8. The monoisotopic (exact) mass is 954 g/mol. The maximum atomic E-state index is 5.25. The van der Waals surface area contributed by atoms with Crippen LogP contribution < -0.4 is 0 Å². The Labute approximate surface area is 433 Å². The van der Waals surface area contributed by atoms with Crippen LogP contribution in [0.2, 0.25) is 0 Å². The highest BCUT2D eigenvalue weighted by molar-refractivity contribution is 6.12. The number of hydrogen-bond acceptors (Lipinski definition) is 3. The molecule has 0 aliphatic heterocycles. The fourth-order valence-corrected chi connectivity index (χ4v) is 18.0. The Hall–Kier alpha value is -7.43. The summed E-state index contributed by atoms with van der Waals surface area (Å²) in [5, 5.41) is 2.71. The van der Waals surface area contributed by atoms with Gasteiger partial charge in [-0.3, -0.25) is 0 Å². The molecule has 18 rings (SSSR count). The number of hydrogen-bond donors (Lipinski definition) is 0. The van der Waals surface area contributed by atoms with Gasteiger partial charge in [0.05, 0.1) is 11.0 Å². The topological polar surface area (TPSA) is 43.6 Å². The molecule has 6 fully saturated rings. The first-order valence-electron chi connectivity index (χ1n) is 27.8. The smallest absolute Gasteiger partial charge is 0.164 e. The molecule has 8 bridgehead atoms. The Kier molecular flexibility index (Phi) is 8.56. The summed E-state index contributed by atoms with van der Waals surface area (Å²) < 4.78 is 2.55. The van der Waals surface area contributed by atoms with E-state index >= 15 is 0 Å². The summed E-state index contributed by atoms with van der Waals surface area (Å²) in [5.41, 5.74) is 20.7. The normalized spacial score (nSPS) is 26.8. The molecule has 0 radical (unpaired) electrons. The highest BCUT2D eigenvalue weighted by Gasteiger charge is 2.68. The Bertz CT molecular complexity index is 3980. The van der Waals surface area contributed by atoms with Gasteiger partial charge >= 0.3 is 0 Å². The average molecular weight is 955 g/mol. The molecule has 8 aliphatic rings. The highest BCUT2D eigenvalue weighted by atomic mass is 15.0. The van der Waals surface area contributed by atoms with Crippen molar-refractivity contribution in [1.29, 1.82) is 0 Å². The molecule has 74 heavy (non-hydrogen) atoms. The maximum absolute atomic E-state index is 5.25. The van der Waals surface area contributed by atoms with Gasteiger partial charge in [-0.05, 0) is 184 Å². The molecule has 0 N–H and O–H groups in total. The Morgan fingerprint density at radius 1 is 0.405 bits per heavy atom. The molecule has 9 atom stereocenters. The van der Waals surface area contributed by atoms with Gasteiger partial charge in [0, 0.05) is 44.0 Å². The third kappa shape index (κ3) is 5.62. The number of rotatable bonds is 5. The Balaban J connectivity index is 0.806. The van der Waals surface area contributed by atoms with E-state index in [1.807, 2.05) is 6.07 Å². The second kappa shape index (κ2) is 15.1. The Morgan fingerprint density at radius 2 is 1.03 bits per heavy atom. The molecule has 1 spiro atoms. The zero-order valence-corrected chi connectivity index (χ0v) is 42.2. The molecule has 8 aliphatic carbocycles. The predicted molar refractivity (Wildman–Crippen MR) is 300 cm³/mol. The SMILES string of the molecule is CC1(C)c2ccccc2-c2ccc(-c3nc(-c4ccccc4)nc(-c4ccc(-c5ccc6c(c5)c5cc7c(cc5n6-c5ccccc5)-c5ccccc5C75C6CC7CC8CCC9CC7C(C6)C(C9)C85)cc4)n3)cc21. The van der Waals surface area contributed by atoms with Crippen LogP contribution in [0.15, 0.2) is 182 Å². The largest absolute Gasteiger partial charge is 0.309 e. The molecule has 6 saturated carbocycles. The summed E-state index contributed by atoms with van der Waals surface area (Å²) in [6.45, 7) is 4.65. The van der Waals surface area contributed by atoms with Crippen LogP contribution in [0.1, 0.15) is 81.0 Å². The lowest BCUT2D eigenvalue weighted by Crippen LogP contribution is -2.57. The molecule has 9 unspecified atom stereocenters. The quantitative estimate of drug-likeness (QED) is 0.173. The van der Waals surface area contributed by atoms with Crippen LogP contribution >= 0.6 is 0 Å². The van der Waals surface area contributed by atoms with Crippen LogP contribution in [0.5, 0.6) is 0 Å². The third-order valence-electron chi connectivity index (χ3n) is 20.8. The van der Waals surface area contributed by atoms with Crippen LogP contribution in [-0.4, -0.2) is 19.5 Å². The first-order chi connectivity index (χ1) is 36.4. The fraction of sp³-hybridized carbons (Fsp3) is 0.271. The number of fused-ring (bicyclic) bond motifs is 10. The van der Waals surface area contributed by atoms with Gasteiger partial charge in [0.25, 0.3) is 0 Å². The van der Waals surface area contributed by atoms with Crippen LogP contribution in [-0.2, 0) is 10.8 Å². The van der Waals surface area contributed by atoms with Crippen molar-refractivity contribution in [2.75, 3.05) is 0 Å². The lowest BCUT2D eigenvalue weighted by atomic mass is 9.42. The molecule has 358 valence electrons. The summed E-state index contributed by atoms with van der Waals surface area (Å²) in [4.78, 5) is 15.6. The molecule has 2 aromatic heterocycles. The van der Waals surface area contributed by atoms with E-state index in [0.717, 1.165) is 58.1 Å². The van der Waals surface area contributed by atoms with E-state index in [1.165, 1.54) is 117 Å². The van der Waals surface area contributed by atoms with E-state index in [1.54, 1.807) is 11.1 Å². The third-order valence-corrected chi connectivity index (χ3v) is 20.8. The Morgan fingerprint density at radius 3 is 1.82 bits per heavy atom. The zero-order valence-electron chi connectivity index (χ0n) is 42.2. The summed E-state index contributed by atoms with van der Waals surface area (Å²) in [6.07, 6.45) is 10.2. The second-order valence-electron chi connectivity index (χ2n) is 24.3. The maximum Gasteiger partial charge on any atom is 0.164 e. The zero-order chi connectivity index (χ0) is 48.6. The summed E-state index contributed by atoms with van der Waals surface area (Å²) >= 11 is 0. The van der Waals surface area contributed by atoms with Gasteiger partial charge in [-0.15, -0.1) is 0 Å². The van der Waals surface area contributed by atoms with Gasteiger partial charge in [-0.2, -0.15) is 0 Å². The van der Waals surface area contributed by atoms with Crippen molar-refractivity contribution < 1.29 is 0 Å². The standard InChI is InChI=1S/C70H58N4/c1-69(2)59-19-11-9-17-50(59)52-29-27-46(36-61(52)69)68-72-66(42-13-5-3-6-14-42)71-67(73-68)43-25-23-41(24-26-43)44-28-30-63-56(35-44)57-38-62-55(39-64(57)74(63)49-15-7-4-8-16-49)51-18-10-12-20-60(51)70(62)48-34-47-33-45-22-21-40-31-53(47)54(37-48)58(32-40)65(45)70/h3-20,23-30,35-36,38-40,45,47-48,53-54,58,65H,21-22,31-34,37H2,1-2H3. The van der Waals surface area contributed by atoms with Gasteiger partial charge < -0.3 is 4.57 Å². The van der Waals surface area contributed by atoms with Crippen molar-refractivity contribution in [3.05, 3.63) is 204 Å². The number of nitrogens with zero attached hydrogens (tertiary/aromatic N) is 4. The molecule has 10 aromatic rings. The predicted octanol–water partition coefficient (Wildman–Crippen LogP) is 16.9. The number of benzene rings is 8. The van der Waals surface area contributed by atoms with E-state index in [4.69, 9.17) is 15.0 Å². The number of aromatic nitrogens is 4. The second-order valence-corrected chi connectivity index (χ2v) is 24.3. The van der Waals surface area contributed by atoms with E-state index in [-0.39, 0.29) is 10.8 Å². The van der Waals surface area contributed by atoms with E-state index in [2.05, 4.69) is 194 Å². The van der Waals surface area contributed by atoms with E-state index in [9.17, 15) is 0 Å². The lowest BCUT2D eigenvalue weighted by molar-refractivity contribution is -0.0745. The molecular weight excluding hydrogens is 897 g/mol. The van der Waals surface area contributed by atoms with Gasteiger partial charge in [0.2, 0.25) is 0 Å². The van der Waals surface area contributed by atoms with E-state index in [0.29, 0.717) is 23.4 Å². The molecule has 2 heterocycles. The minimum Gasteiger partial charge on any atom is -0.309 e. The van der Waals surface area contributed by atoms with Gasteiger partial charge in [0.15, 0.2) is 17.5 Å². The summed E-state index contributed by atoms with van der Waals surface area (Å²) in [7, 11) is 0. The molecule has 4 heteroatoms. The number of para-hydroxylation sites is 1. The van der Waals surface area contributed by atoms with Crippen molar-refractivity contribution in [2.45, 2.75) is 69.6 Å². The van der Waals surface area contributed by atoms with Crippen molar-refractivity contribution in [3.8, 4) is 73.2 Å². The minimum absolute atomic E-state index is 0.0881. The van der Waals surface area contributed by atoms with Gasteiger partial charge in [0.1, 0.15) is 0 Å². The molecule has 8 aromatic carbocycles. The fourth-order valence-electron chi connectivity index (χ4n) is 18.0. The summed E-state index contributed by atoms with van der Waals surface area (Å²) in [6, 6.07) is 68.3. The van der Waals surface area contributed by atoms with E-state index < -0.39 is 0 Å². The van der Waals surface area contributed by atoms with Crippen LogP contribution in [0.3, 0.4) is 0 Å². The lowest BCUT2D eigenvalue weighted by Gasteiger charge is -2.61. The average Bonchev–Trinajstić information content (AvgIpc) is 3.93. The molecule has 0 saturated heterocycles. The van der Waals surface area contributed by atoms with Crippen LogP contribution in [0.25, 0.3) is 95.0 Å². The van der Waals surface area contributed by atoms with Crippen molar-refractivity contribution in [3.63, 3.8) is 0 Å². The van der Waals surface area contributed by atoms with Crippen LogP contribution in [0.4, 0.5) is 0 Å². The minimum atomic E-state index is -0.129. The molecule has 0 amide bonds. The summed E-state index contributed by atoms with van der Waals surface area (Å²) in [5.74, 6) is 8.98.